The van der Waals surface area contributed by atoms with Crippen molar-refractivity contribution in [2.24, 2.45) is 5.92 Å². The summed E-state index contributed by atoms with van der Waals surface area (Å²) >= 11 is 0. The third-order valence-electron chi connectivity index (χ3n) is 3.32. The van der Waals surface area contributed by atoms with Crippen LogP contribution >= 0.6 is 0 Å². The highest BCUT2D eigenvalue weighted by Gasteiger charge is 2.22. The Labute approximate surface area is 102 Å². The van der Waals surface area contributed by atoms with Gasteiger partial charge in [-0.25, -0.2) is 0 Å². The lowest BCUT2D eigenvalue weighted by Gasteiger charge is -2.14. The van der Waals surface area contributed by atoms with Crippen LogP contribution in [0.15, 0.2) is 12.3 Å². The van der Waals surface area contributed by atoms with Crippen LogP contribution in [-0.2, 0) is 0 Å². The molecule has 2 unspecified atom stereocenters. The average molecular weight is 236 g/mol. The van der Waals surface area contributed by atoms with E-state index in [0.717, 1.165) is 42.9 Å². The van der Waals surface area contributed by atoms with Crippen LogP contribution in [-0.4, -0.2) is 29.8 Å². The maximum Gasteiger partial charge on any atom is 0.160 e. The van der Waals surface area contributed by atoms with E-state index in [-0.39, 0.29) is 6.10 Å². The molecule has 0 amide bonds. The molecule has 1 fully saturated rings. The summed E-state index contributed by atoms with van der Waals surface area (Å²) in [7, 11) is 1.65. The van der Waals surface area contributed by atoms with Crippen molar-refractivity contribution in [1.29, 1.82) is 0 Å². The van der Waals surface area contributed by atoms with Gasteiger partial charge < -0.3 is 15.2 Å². The molecule has 0 radical (unpaired) electrons. The molecule has 1 heterocycles. The molecule has 0 saturated heterocycles. The van der Waals surface area contributed by atoms with E-state index in [2.05, 4.69) is 10.3 Å². The minimum absolute atomic E-state index is 0.108. The van der Waals surface area contributed by atoms with E-state index in [1.54, 1.807) is 13.3 Å². The number of methoxy groups -OCH3 is 1. The highest BCUT2D eigenvalue weighted by Crippen LogP contribution is 2.28. The first-order valence-corrected chi connectivity index (χ1v) is 6.11. The highest BCUT2D eigenvalue weighted by molar-refractivity contribution is 5.55. The summed E-state index contributed by atoms with van der Waals surface area (Å²) in [4.78, 5) is 4.20. The Kier molecular flexibility index (Phi) is 3.84. The number of nitrogens with zero attached hydrogens (tertiary/aromatic N) is 1. The Morgan fingerprint density at radius 3 is 3.00 bits per heavy atom. The molecule has 2 rings (SSSR count). The molecular weight excluding hydrogens is 216 g/mol. The number of ether oxygens (including phenoxy) is 1. The first-order chi connectivity index (χ1) is 8.19. The number of pyridine rings is 1. The van der Waals surface area contributed by atoms with Crippen molar-refractivity contribution in [1.82, 2.24) is 4.98 Å². The van der Waals surface area contributed by atoms with Crippen LogP contribution in [0, 0.1) is 12.8 Å². The first-order valence-electron chi connectivity index (χ1n) is 6.11. The number of hydrogen-bond acceptors (Lipinski definition) is 4. The molecule has 0 aromatic carbocycles. The van der Waals surface area contributed by atoms with Gasteiger partial charge in [0.2, 0.25) is 0 Å². The van der Waals surface area contributed by atoms with E-state index in [1.165, 1.54) is 0 Å². The number of nitrogens with one attached hydrogen (secondary N) is 1. The molecule has 0 bridgehead atoms. The molecule has 0 aliphatic heterocycles. The Morgan fingerprint density at radius 1 is 1.53 bits per heavy atom. The molecule has 1 aromatic rings. The van der Waals surface area contributed by atoms with Gasteiger partial charge in [0.15, 0.2) is 5.75 Å². The van der Waals surface area contributed by atoms with Crippen LogP contribution < -0.4 is 10.1 Å². The molecule has 94 valence electrons. The van der Waals surface area contributed by atoms with Crippen molar-refractivity contribution < 1.29 is 9.84 Å². The number of hydrogen-bond donors (Lipinski definition) is 2. The number of rotatable bonds is 4. The van der Waals surface area contributed by atoms with Gasteiger partial charge in [0.05, 0.1) is 25.1 Å². The molecule has 17 heavy (non-hydrogen) atoms. The first kappa shape index (κ1) is 12.2. The zero-order valence-electron chi connectivity index (χ0n) is 10.4. The lowest BCUT2D eigenvalue weighted by molar-refractivity contribution is 0.178. The monoisotopic (exact) mass is 236 g/mol. The second-order valence-electron chi connectivity index (χ2n) is 4.74. The molecule has 1 aliphatic carbocycles. The van der Waals surface area contributed by atoms with E-state index >= 15 is 0 Å². The van der Waals surface area contributed by atoms with Crippen LogP contribution in [0.3, 0.4) is 0 Å². The summed E-state index contributed by atoms with van der Waals surface area (Å²) in [6, 6.07) is 1.99. The molecule has 4 heteroatoms. The van der Waals surface area contributed by atoms with Gasteiger partial charge in [-0.05, 0) is 38.2 Å². The van der Waals surface area contributed by atoms with Crippen molar-refractivity contribution in [3.8, 4) is 5.75 Å². The van der Waals surface area contributed by atoms with Crippen LogP contribution in [0.2, 0.25) is 0 Å². The van der Waals surface area contributed by atoms with Crippen LogP contribution in [0.5, 0.6) is 5.75 Å². The Morgan fingerprint density at radius 2 is 2.35 bits per heavy atom. The quantitative estimate of drug-likeness (QED) is 0.839. The lowest BCUT2D eigenvalue weighted by atomic mass is 10.1. The van der Waals surface area contributed by atoms with Gasteiger partial charge in [-0.3, -0.25) is 4.98 Å². The van der Waals surface area contributed by atoms with E-state index in [0.29, 0.717) is 5.92 Å². The summed E-state index contributed by atoms with van der Waals surface area (Å²) in [5.41, 5.74) is 1.96. The van der Waals surface area contributed by atoms with Crippen LogP contribution in [0.1, 0.15) is 25.0 Å². The van der Waals surface area contributed by atoms with E-state index in [9.17, 15) is 5.11 Å². The third-order valence-corrected chi connectivity index (χ3v) is 3.32. The predicted molar refractivity (Wildman–Crippen MR) is 67.4 cm³/mol. The molecule has 2 atom stereocenters. The van der Waals surface area contributed by atoms with Gasteiger partial charge in [-0.1, -0.05) is 0 Å². The van der Waals surface area contributed by atoms with Gasteiger partial charge in [0.25, 0.3) is 0 Å². The fraction of sp³-hybridized carbons (Fsp3) is 0.615. The maximum absolute atomic E-state index is 9.48. The summed E-state index contributed by atoms with van der Waals surface area (Å²) in [6.07, 6.45) is 4.56. The summed E-state index contributed by atoms with van der Waals surface area (Å²) in [5, 5.41) is 12.9. The van der Waals surface area contributed by atoms with E-state index < -0.39 is 0 Å². The highest BCUT2D eigenvalue weighted by atomic mass is 16.5. The van der Waals surface area contributed by atoms with Gasteiger partial charge in [-0.15, -0.1) is 0 Å². The molecule has 1 aromatic heterocycles. The molecular formula is C13H20N2O2. The van der Waals surface area contributed by atoms with Crippen molar-refractivity contribution in [3.63, 3.8) is 0 Å². The average Bonchev–Trinajstić information content (AvgIpc) is 2.73. The minimum Gasteiger partial charge on any atom is -0.493 e. The van der Waals surface area contributed by atoms with Crippen molar-refractivity contribution >= 4 is 5.69 Å². The van der Waals surface area contributed by atoms with Crippen molar-refractivity contribution in [3.05, 3.63) is 18.0 Å². The van der Waals surface area contributed by atoms with Gasteiger partial charge >= 0.3 is 0 Å². The molecule has 4 nitrogen and oxygen atoms in total. The number of aromatic nitrogens is 1. The standard InChI is InChI=1S/C13H20N2O2/c1-9-5-12(13(17-2)8-14-9)15-7-10-3-4-11(16)6-10/h5,8,10-11,16H,3-4,6-7H2,1-2H3,(H,14,15). The smallest absolute Gasteiger partial charge is 0.160 e. The molecule has 0 spiro atoms. The Hall–Kier alpha value is -1.29. The maximum atomic E-state index is 9.48. The zero-order valence-corrected chi connectivity index (χ0v) is 10.4. The van der Waals surface area contributed by atoms with Crippen LogP contribution in [0.4, 0.5) is 5.69 Å². The third kappa shape index (κ3) is 3.09. The number of aliphatic hydroxyl groups is 1. The summed E-state index contributed by atoms with van der Waals surface area (Å²) in [5.74, 6) is 1.33. The zero-order chi connectivity index (χ0) is 12.3. The topological polar surface area (TPSA) is 54.4 Å². The van der Waals surface area contributed by atoms with Crippen molar-refractivity contribution in [2.75, 3.05) is 19.0 Å². The number of aliphatic hydroxyl groups excluding tert-OH is 1. The van der Waals surface area contributed by atoms with Gasteiger partial charge in [-0.2, -0.15) is 0 Å². The molecule has 2 N–H and O–H groups in total. The van der Waals surface area contributed by atoms with Gasteiger partial charge in [0, 0.05) is 12.2 Å². The summed E-state index contributed by atoms with van der Waals surface area (Å²) < 4.78 is 5.26. The minimum atomic E-state index is -0.108. The number of anilines is 1. The summed E-state index contributed by atoms with van der Waals surface area (Å²) in [6.45, 7) is 2.85. The van der Waals surface area contributed by atoms with Gasteiger partial charge in [0.1, 0.15) is 0 Å². The molecule has 1 aliphatic rings. The van der Waals surface area contributed by atoms with E-state index in [1.807, 2.05) is 13.0 Å². The second kappa shape index (κ2) is 5.36. The molecule has 1 saturated carbocycles. The van der Waals surface area contributed by atoms with Crippen molar-refractivity contribution in [2.45, 2.75) is 32.3 Å². The van der Waals surface area contributed by atoms with E-state index in [4.69, 9.17) is 4.74 Å². The Bertz CT molecular complexity index is 382. The fourth-order valence-electron chi connectivity index (χ4n) is 2.34. The van der Waals surface area contributed by atoms with Crippen LogP contribution in [0.25, 0.3) is 0 Å². The lowest BCUT2D eigenvalue weighted by Crippen LogP contribution is -2.13. The largest absolute Gasteiger partial charge is 0.493 e. The SMILES string of the molecule is COc1cnc(C)cc1NCC1CCC(O)C1. The normalized spacial score (nSPS) is 23.7. The second-order valence-corrected chi connectivity index (χ2v) is 4.74. The Balaban J connectivity index is 1.96. The fourth-order valence-corrected chi connectivity index (χ4v) is 2.34. The number of aryl methyl sites for hydroxylation is 1. The predicted octanol–water partition coefficient (Wildman–Crippen LogP) is 1.97.